The zero-order chi connectivity index (χ0) is 18.9. The second-order valence-electron chi connectivity index (χ2n) is 5.20. The first-order chi connectivity index (χ1) is 12.6. The first-order valence-corrected chi connectivity index (χ1v) is 8.87. The lowest BCUT2D eigenvalue weighted by molar-refractivity contribution is -0.384. The van der Waals surface area contributed by atoms with Gasteiger partial charge >= 0.3 is 0 Å². The fraction of sp³-hybridized carbons (Fsp3) is 0.294. The van der Waals surface area contributed by atoms with Crippen LogP contribution in [0, 0.1) is 10.1 Å². The molecule has 0 heterocycles. The number of non-ortho nitro benzene ring substituents is 1. The average Bonchev–Trinajstić information content (AvgIpc) is 2.66. The highest BCUT2D eigenvalue weighted by atomic mass is 35.5. The van der Waals surface area contributed by atoms with E-state index in [1.54, 1.807) is 31.4 Å². The van der Waals surface area contributed by atoms with Crippen LogP contribution in [0.1, 0.15) is 0 Å². The fourth-order valence-electron chi connectivity index (χ4n) is 2.33. The number of methoxy groups -OCH3 is 1. The molecule has 7 nitrogen and oxygen atoms in total. The van der Waals surface area contributed by atoms with Gasteiger partial charge in [0, 0.05) is 43.0 Å². The van der Waals surface area contributed by atoms with Crippen LogP contribution in [0.2, 0.25) is 0 Å². The van der Waals surface area contributed by atoms with Crippen molar-refractivity contribution in [3.8, 4) is 5.75 Å². The molecule has 0 aromatic heterocycles. The molecule has 0 saturated carbocycles. The van der Waals surface area contributed by atoms with Crippen LogP contribution in [0.15, 0.2) is 52.7 Å². The number of azo groups is 1. The van der Waals surface area contributed by atoms with Crippen molar-refractivity contribution in [1.29, 1.82) is 0 Å². The number of anilines is 1. The predicted molar refractivity (Wildman–Crippen MR) is 104 cm³/mol. The van der Waals surface area contributed by atoms with Gasteiger partial charge in [-0.05, 0) is 18.2 Å². The SMILES string of the molecule is COc1cc(N=Nc2cccc([N+](=O)[O-])c2)ccc1N(CCCl)CCCl. The highest BCUT2D eigenvalue weighted by Gasteiger charge is 2.12. The molecular weight excluding hydrogens is 379 g/mol. The number of halogens is 2. The van der Waals surface area contributed by atoms with Crippen molar-refractivity contribution >= 4 is 46.0 Å². The van der Waals surface area contributed by atoms with Crippen LogP contribution in [-0.4, -0.2) is 36.9 Å². The third kappa shape index (κ3) is 5.31. The van der Waals surface area contributed by atoms with Gasteiger partial charge in [-0.3, -0.25) is 10.1 Å². The van der Waals surface area contributed by atoms with Crippen LogP contribution < -0.4 is 9.64 Å². The Bertz CT molecular complexity index is 780. The Kier molecular flexibility index (Phi) is 7.62. The van der Waals surface area contributed by atoms with Crippen LogP contribution in [0.25, 0.3) is 0 Å². The maximum absolute atomic E-state index is 10.8. The van der Waals surface area contributed by atoms with Crippen molar-refractivity contribution in [3.05, 3.63) is 52.6 Å². The van der Waals surface area contributed by atoms with Gasteiger partial charge in [0.1, 0.15) is 5.75 Å². The van der Waals surface area contributed by atoms with Crippen LogP contribution in [0.4, 0.5) is 22.7 Å². The van der Waals surface area contributed by atoms with Crippen molar-refractivity contribution in [2.75, 3.05) is 36.9 Å². The first kappa shape index (κ1) is 19.9. The summed E-state index contributed by atoms with van der Waals surface area (Å²) in [6.45, 7) is 1.28. The van der Waals surface area contributed by atoms with E-state index < -0.39 is 4.92 Å². The minimum absolute atomic E-state index is 0.0350. The number of nitro groups is 1. The van der Waals surface area contributed by atoms with Crippen molar-refractivity contribution in [2.24, 2.45) is 10.2 Å². The maximum Gasteiger partial charge on any atom is 0.271 e. The molecule has 2 rings (SSSR count). The van der Waals surface area contributed by atoms with Crippen molar-refractivity contribution in [1.82, 2.24) is 0 Å². The van der Waals surface area contributed by atoms with E-state index in [4.69, 9.17) is 27.9 Å². The topological polar surface area (TPSA) is 80.3 Å². The van der Waals surface area contributed by atoms with E-state index in [2.05, 4.69) is 10.2 Å². The van der Waals surface area contributed by atoms with Gasteiger partial charge in [-0.2, -0.15) is 10.2 Å². The molecule has 2 aromatic carbocycles. The van der Waals surface area contributed by atoms with Crippen molar-refractivity contribution < 1.29 is 9.66 Å². The number of hydrogen-bond acceptors (Lipinski definition) is 6. The number of nitro benzene ring substituents is 1. The van der Waals surface area contributed by atoms with E-state index >= 15 is 0 Å². The molecule has 138 valence electrons. The average molecular weight is 397 g/mol. The summed E-state index contributed by atoms with van der Waals surface area (Å²) >= 11 is 11.7. The standard InChI is InChI=1S/C17H18Cl2N4O3/c1-26-17-12-14(5-6-16(17)22(9-7-18)10-8-19)21-20-13-3-2-4-15(11-13)23(24)25/h2-6,11-12H,7-10H2,1H3. The van der Waals surface area contributed by atoms with Gasteiger partial charge in [-0.25, -0.2) is 0 Å². The van der Waals surface area contributed by atoms with Crippen LogP contribution >= 0.6 is 23.2 Å². The summed E-state index contributed by atoms with van der Waals surface area (Å²) in [5, 5.41) is 19.0. The molecule has 0 aliphatic heterocycles. The van der Waals surface area contributed by atoms with Gasteiger partial charge in [0.15, 0.2) is 0 Å². The van der Waals surface area contributed by atoms with Crippen LogP contribution in [-0.2, 0) is 0 Å². The van der Waals surface area contributed by atoms with Crippen LogP contribution in [0.5, 0.6) is 5.75 Å². The molecule has 0 fully saturated rings. The van der Waals surface area contributed by atoms with E-state index in [1.807, 2.05) is 11.0 Å². The normalized spacial score (nSPS) is 10.9. The van der Waals surface area contributed by atoms with Gasteiger partial charge in [0.05, 0.1) is 29.1 Å². The molecular formula is C17H18Cl2N4O3. The lowest BCUT2D eigenvalue weighted by atomic mass is 10.2. The summed E-state index contributed by atoms with van der Waals surface area (Å²) in [5.74, 6) is 1.55. The Morgan fingerprint density at radius 2 is 1.73 bits per heavy atom. The summed E-state index contributed by atoms with van der Waals surface area (Å²) in [6.07, 6.45) is 0. The zero-order valence-electron chi connectivity index (χ0n) is 14.1. The van der Waals surface area contributed by atoms with Gasteiger partial charge in [-0.15, -0.1) is 23.2 Å². The third-order valence-electron chi connectivity index (χ3n) is 3.53. The molecule has 0 radical (unpaired) electrons. The lowest BCUT2D eigenvalue weighted by Gasteiger charge is -2.24. The summed E-state index contributed by atoms with van der Waals surface area (Å²) in [5.41, 5.74) is 1.79. The van der Waals surface area contributed by atoms with Gasteiger partial charge in [-0.1, -0.05) is 6.07 Å². The molecule has 0 aliphatic carbocycles. The Morgan fingerprint density at radius 1 is 1.08 bits per heavy atom. The smallest absolute Gasteiger partial charge is 0.271 e. The quantitative estimate of drug-likeness (QED) is 0.249. The molecule has 2 aromatic rings. The molecule has 0 aliphatic rings. The van der Waals surface area contributed by atoms with E-state index in [1.165, 1.54) is 12.1 Å². The van der Waals surface area contributed by atoms with E-state index in [-0.39, 0.29) is 5.69 Å². The summed E-state index contributed by atoms with van der Waals surface area (Å²) in [6, 6.07) is 11.4. The number of ether oxygens (including phenoxy) is 1. The summed E-state index contributed by atoms with van der Waals surface area (Å²) in [4.78, 5) is 12.4. The number of rotatable bonds is 9. The first-order valence-electron chi connectivity index (χ1n) is 7.80. The van der Waals surface area contributed by atoms with Gasteiger partial charge in [0.2, 0.25) is 0 Å². The lowest BCUT2D eigenvalue weighted by Crippen LogP contribution is -2.27. The molecule has 0 atom stereocenters. The minimum Gasteiger partial charge on any atom is -0.495 e. The number of benzene rings is 2. The molecule has 26 heavy (non-hydrogen) atoms. The van der Waals surface area contributed by atoms with Gasteiger partial charge in [0.25, 0.3) is 5.69 Å². The molecule has 9 heteroatoms. The summed E-state index contributed by atoms with van der Waals surface area (Å²) < 4.78 is 5.44. The van der Waals surface area contributed by atoms with E-state index in [0.717, 1.165) is 5.69 Å². The highest BCUT2D eigenvalue weighted by Crippen LogP contribution is 2.33. The largest absolute Gasteiger partial charge is 0.495 e. The van der Waals surface area contributed by atoms with Crippen molar-refractivity contribution in [3.63, 3.8) is 0 Å². The van der Waals surface area contributed by atoms with Crippen LogP contribution in [0.3, 0.4) is 0 Å². The Morgan fingerprint density at radius 3 is 2.31 bits per heavy atom. The second-order valence-corrected chi connectivity index (χ2v) is 5.95. The number of hydrogen-bond donors (Lipinski definition) is 0. The zero-order valence-corrected chi connectivity index (χ0v) is 15.7. The van der Waals surface area contributed by atoms with E-state index in [9.17, 15) is 10.1 Å². The Hall–Kier alpha value is -2.38. The molecule has 0 N–H and O–H groups in total. The van der Waals surface area contributed by atoms with Gasteiger partial charge < -0.3 is 9.64 Å². The number of nitrogens with zero attached hydrogens (tertiary/aromatic N) is 4. The Labute approximate surface area is 161 Å². The molecule has 0 saturated heterocycles. The Balaban J connectivity index is 2.25. The highest BCUT2D eigenvalue weighted by molar-refractivity contribution is 6.18. The summed E-state index contributed by atoms with van der Waals surface area (Å²) in [7, 11) is 1.57. The fourth-order valence-corrected chi connectivity index (χ4v) is 2.74. The molecule has 0 bridgehead atoms. The molecule has 0 unspecified atom stereocenters. The molecule has 0 amide bonds. The maximum atomic E-state index is 10.8. The minimum atomic E-state index is -0.473. The van der Waals surface area contributed by atoms with E-state index in [0.29, 0.717) is 42.0 Å². The molecule has 0 spiro atoms. The monoisotopic (exact) mass is 396 g/mol. The number of alkyl halides is 2. The van der Waals surface area contributed by atoms with Crippen molar-refractivity contribution in [2.45, 2.75) is 0 Å². The second kappa shape index (κ2) is 9.94. The predicted octanol–water partition coefficient (Wildman–Crippen LogP) is 5.30. The third-order valence-corrected chi connectivity index (χ3v) is 3.87.